The highest BCUT2D eigenvalue weighted by molar-refractivity contribution is 5.10. The van der Waals surface area contributed by atoms with Crippen LogP contribution in [0.15, 0.2) is 0 Å². The molecule has 2 aliphatic carbocycles. The molecule has 0 unspecified atom stereocenters. The standard InChI is InChI=1S/C7H12.CH2O/c1-2-7-4-3-6(1)5-7;1-2/h6-7H,1-5H2;1H2. The maximum Gasteiger partial charge on any atom is 0.106 e. The van der Waals surface area contributed by atoms with Crippen molar-refractivity contribution in [2.24, 2.45) is 11.8 Å². The fourth-order valence-corrected chi connectivity index (χ4v) is 2.17. The van der Waals surface area contributed by atoms with Gasteiger partial charge in [-0.05, 0) is 18.3 Å². The van der Waals surface area contributed by atoms with Crippen molar-refractivity contribution in [3.63, 3.8) is 0 Å². The molecule has 2 aliphatic rings. The lowest BCUT2D eigenvalue weighted by Crippen LogP contribution is -1.90. The minimum atomic E-state index is 1.17. The molecule has 1 nitrogen and oxygen atoms in total. The van der Waals surface area contributed by atoms with Crippen LogP contribution in [0.1, 0.15) is 32.1 Å². The number of fused-ring (bicyclic) bond motifs is 2. The van der Waals surface area contributed by atoms with E-state index in [0.29, 0.717) is 0 Å². The summed E-state index contributed by atoms with van der Waals surface area (Å²) in [6.45, 7) is 2.00. The summed E-state index contributed by atoms with van der Waals surface area (Å²) in [5.74, 6) is 2.34. The van der Waals surface area contributed by atoms with E-state index in [1.165, 1.54) is 11.8 Å². The predicted molar refractivity (Wildman–Crippen MR) is 37.2 cm³/mol. The first-order valence-electron chi connectivity index (χ1n) is 3.74. The van der Waals surface area contributed by atoms with Gasteiger partial charge in [0.1, 0.15) is 6.79 Å². The molecule has 52 valence electrons. The lowest BCUT2D eigenvalue weighted by molar-refractivity contribution is -0.0979. The molecule has 0 aromatic carbocycles. The van der Waals surface area contributed by atoms with E-state index in [1.54, 1.807) is 32.1 Å². The molecule has 2 rings (SSSR count). The van der Waals surface area contributed by atoms with Gasteiger partial charge in [-0.15, -0.1) is 0 Å². The average Bonchev–Trinajstić information content (AvgIpc) is 2.53. The normalized spacial score (nSPS) is 37.8. The molecule has 0 spiro atoms. The summed E-state index contributed by atoms with van der Waals surface area (Å²) in [5, 5.41) is 0. The van der Waals surface area contributed by atoms with E-state index in [1.807, 2.05) is 6.79 Å². The van der Waals surface area contributed by atoms with Crippen LogP contribution < -0.4 is 0 Å². The van der Waals surface area contributed by atoms with Gasteiger partial charge in [-0.25, -0.2) is 0 Å². The van der Waals surface area contributed by atoms with Crippen LogP contribution in [0.25, 0.3) is 0 Å². The van der Waals surface area contributed by atoms with Crippen LogP contribution >= 0.6 is 0 Å². The van der Waals surface area contributed by atoms with Gasteiger partial charge in [0.2, 0.25) is 0 Å². The SMILES string of the molecule is C1CC2CCC1C2.C=O. The summed E-state index contributed by atoms with van der Waals surface area (Å²) in [6.07, 6.45) is 7.82. The molecule has 9 heavy (non-hydrogen) atoms. The minimum Gasteiger partial charge on any atom is -0.307 e. The monoisotopic (exact) mass is 126 g/mol. The fourth-order valence-electron chi connectivity index (χ4n) is 2.17. The number of carbonyl (C=O) groups is 1. The van der Waals surface area contributed by atoms with Crippen molar-refractivity contribution in [1.82, 2.24) is 0 Å². The molecule has 0 aromatic rings. The number of hydrogen-bond acceptors (Lipinski definition) is 1. The number of hydrogen-bond donors (Lipinski definition) is 0. The van der Waals surface area contributed by atoms with Crippen molar-refractivity contribution < 1.29 is 4.79 Å². The second kappa shape index (κ2) is 3.00. The summed E-state index contributed by atoms with van der Waals surface area (Å²) < 4.78 is 0. The van der Waals surface area contributed by atoms with E-state index in [4.69, 9.17) is 4.79 Å². The molecule has 0 radical (unpaired) electrons. The van der Waals surface area contributed by atoms with Crippen molar-refractivity contribution in [2.75, 3.05) is 0 Å². The van der Waals surface area contributed by atoms with E-state index in [-0.39, 0.29) is 0 Å². The van der Waals surface area contributed by atoms with Gasteiger partial charge in [0.05, 0.1) is 0 Å². The Balaban J connectivity index is 0.000000186. The minimum absolute atomic E-state index is 1.17. The van der Waals surface area contributed by atoms with Gasteiger partial charge in [-0.2, -0.15) is 0 Å². The highest BCUT2D eigenvalue weighted by Crippen LogP contribution is 2.43. The van der Waals surface area contributed by atoms with Crippen LogP contribution in [0.2, 0.25) is 0 Å². The zero-order chi connectivity index (χ0) is 6.69. The van der Waals surface area contributed by atoms with Gasteiger partial charge in [0, 0.05) is 0 Å². The Bertz CT molecular complexity index is 72.6. The Morgan fingerprint density at radius 2 is 1.22 bits per heavy atom. The molecule has 2 fully saturated rings. The van der Waals surface area contributed by atoms with Crippen LogP contribution in [-0.2, 0) is 4.79 Å². The largest absolute Gasteiger partial charge is 0.307 e. The summed E-state index contributed by atoms with van der Waals surface area (Å²) >= 11 is 0. The smallest absolute Gasteiger partial charge is 0.106 e. The summed E-state index contributed by atoms with van der Waals surface area (Å²) in [5.41, 5.74) is 0. The van der Waals surface area contributed by atoms with Gasteiger partial charge in [-0.3, -0.25) is 0 Å². The Hall–Kier alpha value is -0.330. The third kappa shape index (κ3) is 1.32. The van der Waals surface area contributed by atoms with E-state index in [2.05, 4.69) is 0 Å². The van der Waals surface area contributed by atoms with Crippen LogP contribution in [0, 0.1) is 11.8 Å². The molecule has 0 saturated heterocycles. The first-order chi connectivity index (χ1) is 4.45. The van der Waals surface area contributed by atoms with Gasteiger partial charge < -0.3 is 4.79 Å². The van der Waals surface area contributed by atoms with E-state index < -0.39 is 0 Å². The topological polar surface area (TPSA) is 17.1 Å². The Labute approximate surface area is 56.4 Å². The molecule has 0 aliphatic heterocycles. The summed E-state index contributed by atoms with van der Waals surface area (Å²) in [6, 6.07) is 0. The molecule has 0 heterocycles. The maximum absolute atomic E-state index is 8.00. The van der Waals surface area contributed by atoms with Crippen molar-refractivity contribution in [2.45, 2.75) is 32.1 Å². The molecule has 0 N–H and O–H groups in total. The molecular weight excluding hydrogens is 112 g/mol. The fraction of sp³-hybridized carbons (Fsp3) is 0.875. The second-order valence-corrected chi connectivity index (χ2v) is 3.12. The van der Waals surface area contributed by atoms with Crippen LogP contribution in [0.3, 0.4) is 0 Å². The summed E-state index contributed by atoms with van der Waals surface area (Å²) in [7, 11) is 0. The quantitative estimate of drug-likeness (QED) is 0.485. The van der Waals surface area contributed by atoms with Crippen LogP contribution in [0.5, 0.6) is 0 Å². The second-order valence-electron chi connectivity index (χ2n) is 3.12. The van der Waals surface area contributed by atoms with E-state index >= 15 is 0 Å². The van der Waals surface area contributed by atoms with Crippen LogP contribution in [0.4, 0.5) is 0 Å². The third-order valence-corrected chi connectivity index (χ3v) is 2.63. The third-order valence-electron chi connectivity index (χ3n) is 2.63. The predicted octanol–water partition coefficient (Wildman–Crippen LogP) is 2.01. The Morgan fingerprint density at radius 3 is 1.33 bits per heavy atom. The van der Waals surface area contributed by atoms with Crippen LogP contribution in [-0.4, -0.2) is 6.79 Å². The molecule has 2 saturated carbocycles. The number of carbonyl (C=O) groups excluding carboxylic acids is 1. The van der Waals surface area contributed by atoms with Gasteiger partial charge in [0.15, 0.2) is 0 Å². The van der Waals surface area contributed by atoms with Gasteiger partial charge >= 0.3 is 0 Å². The highest BCUT2D eigenvalue weighted by atomic mass is 16.1. The lowest BCUT2D eigenvalue weighted by atomic mass is 10.0. The van der Waals surface area contributed by atoms with Gasteiger partial charge in [0.25, 0.3) is 0 Å². The maximum atomic E-state index is 8.00. The Kier molecular flexibility index (Phi) is 2.26. The van der Waals surface area contributed by atoms with E-state index in [0.717, 1.165) is 0 Å². The first-order valence-corrected chi connectivity index (χ1v) is 3.74. The molecule has 0 aromatic heterocycles. The summed E-state index contributed by atoms with van der Waals surface area (Å²) in [4.78, 5) is 8.00. The Morgan fingerprint density at radius 1 is 0.889 bits per heavy atom. The van der Waals surface area contributed by atoms with Crippen molar-refractivity contribution in [3.05, 3.63) is 0 Å². The molecule has 2 bridgehead atoms. The van der Waals surface area contributed by atoms with Crippen molar-refractivity contribution in [3.8, 4) is 0 Å². The van der Waals surface area contributed by atoms with Crippen molar-refractivity contribution in [1.29, 1.82) is 0 Å². The highest BCUT2D eigenvalue weighted by Gasteiger charge is 2.30. The van der Waals surface area contributed by atoms with Crippen molar-refractivity contribution >= 4 is 6.79 Å². The molecule has 0 amide bonds. The molecular formula is C8H14O. The number of rotatable bonds is 0. The average molecular weight is 126 g/mol. The first kappa shape index (κ1) is 6.79. The molecule has 1 heteroatoms. The van der Waals surface area contributed by atoms with E-state index in [9.17, 15) is 0 Å². The molecule has 0 atom stereocenters. The zero-order valence-corrected chi connectivity index (χ0v) is 5.81. The zero-order valence-electron chi connectivity index (χ0n) is 5.81. The van der Waals surface area contributed by atoms with Gasteiger partial charge in [-0.1, -0.05) is 25.7 Å². The lowest BCUT2D eigenvalue weighted by Gasteiger charge is -2.05.